The minimum Gasteiger partial charge on any atom is -0.456 e. The Hall–Kier alpha value is -7.41. The lowest BCUT2D eigenvalue weighted by Crippen LogP contribution is -2.02. The molecule has 0 N–H and O–H groups in total. The molecule has 12 rings (SSSR count). The summed E-state index contributed by atoms with van der Waals surface area (Å²) in [4.78, 5) is 15.5. The number of furan rings is 1. The van der Waals surface area contributed by atoms with E-state index in [0.717, 1.165) is 66.3 Å². The second-order valence-corrected chi connectivity index (χ2v) is 15.5. The summed E-state index contributed by atoms with van der Waals surface area (Å²) in [6.07, 6.45) is 0. The maximum Gasteiger partial charge on any atom is 0.166 e. The van der Waals surface area contributed by atoms with E-state index in [1.165, 1.54) is 31.1 Å². The zero-order valence-electron chi connectivity index (χ0n) is 30.4. The van der Waals surface area contributed by atoms with Crippen LogP contribution in [0.4, 0.5) is 0 Å². The van der Waals surface area contributed by atoms with Crippen molar-refractivity contribution in [3.8, 4) is 51.0 Å². The first-order valence-corrected chi connectivity index (χ1v) is 19.8. The maximum absolute atomic E-state index is 6.53. The molecule has 0 radical (unpaired) electrons. The lowest BCUT2D eigenvalue weighted by molar-refractivity contribution is 0.669. The summed E-state index contributed by atoms with van der Waals surface area (Å²) in [5, 5.41) is 7.03. The molecule has 0 bridgehead atoms. The Kier molecular flexibility index (Phi) is 7.03. The van der Waals surface area contributed by atoms with E-state index >= 15 is 0 Å². The van der Waals surface area contributed by atoms with E-state index in [4.69, 9.17) is 19.4 Å². The Morgan fingerprint density at radius 2 is 1.04 bits per heavy atom. The SMILES string of the molecule is c1ccc(-c2nc(-c3ccc4c(c3)oc3ccc(-c5ccc6sc7ccccc7c6c5)cc34)nc(-c3cccc4c5ccccc5n(-c5ccccc5)c34)n2)cc1. The molecule has 5 nitrogen and oxygen atoms in total. The van der Waals surface area contributed by atoms with Gasteiger partial charge in [-0.2, -0.15) is 0 Å². The third-order valence-corrected chi connectivity index (χ3v) is 12.2. The summed E-state index contributed by atoms with van der Waals surface area (Å²) < 4.78 is 11.5. The van der Waals surface area contributed by atoms with Gasteiger partial charge in [-0.3, -0.25) is 0 Å². The van der Waals surface area contributed by atoms with Crippen LogP contribution in [0.25, 0.3) is 115 Å². The molecule has 12 aromatic rings. The fourth-order valence-electron chi connectivity index (χ4n) is 8.39. The molecule has 6 heteroatoms. The molecule has 4 aromatic heterocycles. The first kappa shape index (κ1) is 31.9. The average molecular weight is 747 g/mol. The molecule has 8 aromatic carbocycles. The fraction of sp³-hybridized carbons (Fsp3) is 0. The highest BCUT2D eigenvalue weighted by Crippen LogP contribution is 2.40. The van der Waals surface area contributed by atoms with Crippen molar-refractivity contribution in [3.63, 3.8) is 0 Å². The number of rotatable bonds is 5. The van der Waals surface area contributed by atoms with E-state index in [-0.39, 0.29) is 0 Å². The van der Waals surface area contributed by atoms with Gasteiger partial charge in [-0.15, -0.1) is 11.3 Å². The molecule has 0 saturated carbocycles. The molecule has 0 atom stereocenters. The molecule has 0 saturated heterocycles. The van der Waals surface area contributed by atoms with E-state index in [1.807, 2.05) is 47.7 Å². The number of benzene rings is 8. The zero-order chi connectivity index (χ0) is 37.5. The second-order valence-electron chi connectivity index (χ2n) is 14.4. The molecular formula is C51H30N4OS. The summed E-state index contributed by atoms with van der Waals surface area (Å²) in [6.45, 7) is 0. The Balaban J connectivity index is 1.02. The van der Waals surface area contributed by atoms with E-state index in [1.54, 1.807) is 0 Å². The van der Waals surface area contributed by atoms with Crippen LogP contribution in [0.3, 0.4) is 0 Å². The highest BCUT2D eigenvalue weighted by atomic mass is 32.1. The van der Waals surface area contributed by atoms with Gasteiger partial charge in [0, 0.05) is 64.1 Å². The normalized spacial score (nSPS) is 11.9. The fourth-order valence-corrected chi connectivity index (χ4v) is 9.47. The molecule has 0 aliphatic heterocycles. The van der Waals surface area contributed by atoms with Crippen LogP contribution in [0.5, 0.6) is 0 Å². The zero-order valence-corrected chi connectivity index (χ0v) is 31.2. The number of thiophene rings is 1. The predicted octanol–water partition coefficient (Wildman–Crippen LogP) is 13.9. The molecule has 0 fully saturated rings. The van der Waals surface area contributed by atoms with Crippen molar-refractivity contribution < 1.29 is 4.42 Å². The first-order valence-electron chi connectivity index (χ1n) is 19.0. The summed E-state index contributed by atoms with van der Waals surface area (Å²) in [6, 6.07) is 63.8. The summed E-state index contributed by atoms with van der Waals surface area (Å²) >= 11 is 1.84. The van der Waals surface area contributed by atoms with Crippen LogP contribution in [0.1, 0.15) is 0 Å². The van der Waals surface area contributed by atoms with Crippen LogP contribution >= 0.6 is 11.3 Å². The van der Waals surface area contributed by atoms with Crippen molar-refractivity contribution in [3.05, 3.63) is 182 Å². The van der Waals surface area contributed by atoms with Gasteiger partial charge in [-0.05, 0) is 77.9 Å². The lowest BCUT2D eigenvalue weighted by Gasteiger charge is -2.12. The van der Waals surface area contributed by atoms with Crippen LogP contribution < -0.4 is 0 Å². The molecule has 0 spiro atoms. The van der Waals surface area contributed by atoms with Crippen LogP contribution in [0, 0.1) is 0 Å². The van der Waals surface area contributed by atoms with Gasteiger partial charge in [0.1, 0.15) is 11.2 Å². The summed E-state index contributed by atoms with van der Waals surface area (Å²) in [5.74, 6) is 1.80. The van der Waals surface area contributed by atoms with Gasteiger partial charge in [0.25, 0.3) is 0 Å². The van der Waals surface area contributed by atoms with Gasteiger partial charge < -0.3 is 8.98 Å². The number of para-hydroxylation sites is 3. The molecule has 4 heterocycles. The van der Waals surface area contributed by atoms with Crippen LogP contribution in [0.2, 0.25) is 0 Å². The van der Waals surface area contributed by atoms with E-state index < -0.39 is 0 Å². The molecule has 0 amide bonds. The number of fused-ring (bicyclic) bond motifs is 9. The van der Waals surface area contributed by atoms with Crippen molar-refractivity contribution >= 4 is 75.3 Å². The first-order chi connectivity index (χ1) is 28.2. The monoisotopic (exact) mass is 746 g/mol. The minimum atomic E-state index is 0.581. The topological polar surface area (TPSA) is 56.7 Å². The second kappa shape index (κ2) is 12.6. The van der Waals surface area contributed by atoms with Crippen molar-refractivity contribution in [2.24, 2.45) is 0 Å². The highest BCUT2D eigenvalue weighted by molar-refractivity contribution is 7.25. The van der Waals surface area contributed by atoms with Crippen LogP contribution in [-0.2, 0) is 0 Å². The largest absolute Gasteiger partial charge is 0.456 e. The quantitative estimate of drug-likeness (QED) is 0.176. The Bertz CT molecular complexity index is 3530. The van der Waals surface area contributed by atoms with Gasteiger partial charge in [0.05, 0.1) is 11.0 Å². The van der Waals surface area contributed by atoms with Crippen molar-refractivity contribution in [2.45, 2.75) is 0 Å². The third kappa shape index (κ3) is 5.12. The highest BCUT2D eigenvalue weighted by Gasteiger charge is 2.20. The Morgan fingerprint density at radius 3 is 1.89 bits per heavy atom. The molecule has 266 valence electrons. The van der Waals surface area contributed by atoms with Gasteiger partial charge in [0.2, 0.25) is 0 Å². The standard InChI is InChI=1S/C51H30N4OS/c1-3-12-31(13-4-1)49-52-50(54-51(53-49)40-19-11-18-39-36-16-7-9-20-43(36)55(48(39)40)35-14-5-2-6-15-35)34-22-25-37-41-28-32(23-26-44(41)56-45(37)30-34)33-24-27-47-42(29-33)38-17-8-10-21-46(38)57-47/h1-30H. The maximum atomic E-state index is 6.53. The third-order valence-electron chi connectivity index (χ3n) is 11.1. The van der Waals surface area contributed by atoms with Crippen LogP contribution in [-0.4, -0.2) is 19.5 Å². The number of aromatic nitrogens is 4. The van der Waals surface area contributed by atoms with E-state index in [9.17, 15) is 0 Å². The molecule has 0 unspecified atom stereocenters. The number of hydrogen-bond donors (Lipinski definition) is 0. The molecule has 0 aliphatic carbocycles. The minimum absolute atomic E-state index is 0.581. The molecule has 57 heavy (non-hydrogen) atoms. The van der Waals surface area contributed by atoms with E-state index in [0.29, 0.717) is 17.5 Å². The summed E-state index contributed by atoms with van der Waals surface area (Å²) in [7, 11) is 0. The Morgan fingerprint density at radius 1 is 0.386 bits per heavy atom. The summed E-state index contributed by atoms with van der Waals surface area (Å²) in [5.41, 5.74) is 9.93. The number of hydrogen-bond acceptors (Lipinski definition) is 5. The number of nitrogens with zero attached hydrogens (tertiary/aromatic N) is 4. The van der Waals surface area contributed by atoms with Crippen LogP contribution in [0.15, 0.2) is 186 Å². The Labute approximate surface area is 330 Å². The smallest absolute Gasteiger partial charge is 0.166 e. The van der Waals surface area contributed by atoms with Gasteiger partial charge in [-0.1, -0.05) is 115 Å². The average Bonchev–Trinajstić information content (AvgIpc) is 3.95. The van der Waals surface area contributed by atoms with Crippen molar-refractivity contribution in [2.75, 3.05) is 0 Å². The van der Waals surface area contributed by atoms with Gasteiger partial charge >= 0.3 is 0 Å². The van der Waals surface area contributed by atoms with Crippen molar-refractivity contribution in [1.82, 2.24) is 19.5 Å². The molecule has 0 aliphatic rings. The van der Waals surface area contributed by atoms with E-state index in [2.05, 4.69) is 150 Å². The van der Waals surface area contributed by atoms with Crippen molar-refractivity contribution in [1.29, 1.82) is 0 Å². The van der Waals surface area contributed by atoms with Gasteiger partial charge in [0.15, 0.2) is 17.5 Å². The predicted molar refractivity (Wildman–Crippen MR) is 236 cm³/mol. The molecular weight excluding hydrogens is 717 g/mol. The lowest BCUT2D eigenvalue weighted by atomic mass is 10.0. The van der Waals surface area contributed by atoms with Gasteiger partial charge in [-0.25, -0.2) is 15.0 Å².